The highest BCUT2D eigenvalue weighted by Gasteiger charge is 2.28. The summed E-state index contributed by atoms with van der Waals surface area (Å²) in [7, 11) is 1.56. The maximum Gasteiger partial charge on any atom is 0.148 e. The van der Waals surface area contributed by atoms with Crippen LogP contribution >= 0.6 is 0 Å². The molecule has 0 saturated carbocycles. The van der Waals surface area contributed by atoms with Crippen molar-refractivity contribution in [3.63, 3.8) is 0 Å². The molecule has 2 nitrogen and oxygen atoms in total. The van der Waals surface area contributed by atoms with E-state index < -0.39 is 5.67 Å². The molecule has 0 spiro atoms. The number of rotatable bonds is 4. The van der Waals surface area contributed by atoms with E-state index in [1.54, 1.807) is 38.3 Å². The Labute approximate surface area is 83.9 Å². The molecule has 14 heavy (non-hydrogen) atoms. The molecule has 0 radical (unpaired) electrons. The van der Waals surface area contributed by atoms with E-state index in [0.717, 1.165) is 0 Å². The van der Waals surface area contributed by atoms with Crippen molar-refractivity contribution < 1.29 is 9.13 Å². The van der Waals surface area contributed by atoms with E-state index in [9.17, 15) is 4.39 Å². The van der Waals surface area contributed by atoms with Crippen LogP contribution in [0, 0.1) is 0 Å². The third-order valence-corrected chi connectivity index (χ3v) is 2.47. The topological polar surface area (TPSA) is 35.2 Å². The number of alkyl halides is 1. The third kappa shape index (κ3) is 2.04. The first kappa shape index (κ1) is 11.0. The van der Waals surface area contributed by atoms with Crippen molar-refractivity contribution in [3.8, 4) is 5.75 Å². The van der Waals surface area contributed by atoms with Crippen molar-refractivity contribution >= 4 is 0 Å². The Morgan fingerprint density at radius 1 is 1.50 bits per heavy atom. The van der Waals surface area contributed by atoms with E-state index in [1.165, 1.54) is 0 Å². The fraction of sp³-hybridized carbons (Fsp3) is 0.455. The standard InChI is InChI=1S/C11H16FNO/c1-3-11(12,8-13)9-5-4-6-10(7-9)14-2/h4-7H,3,8,13H2,1-2H3. The van der Waals surface area contributed by atoms with Crippen LogP contribution in [-0.4, -0.2) is 13.7 Å². The molecule has 0 amide bonds. The molecule has 1 rings (SSSR count). The maximum absolute atomic E-state index is 14.1. The lowest BCUT2D eigenvalue weighted by Gasteiger charge is -2.22. The van der Waals surface area contributed by atoms with Crippen molar-refractivity contribution in [3.05, 3.63) is 29.8 Å². The Hall–Kier alpha value is -1.09. The first-order valence-corrected chi connectivity index (χ1v) is 4.70. The Balaban J connectivity index is 3.04. The fourth-order valence-corrected chi connectivity index (χ4v) is 1.37. The van der Waals surface area contributed by atoms with Gasteiger partial charge in [0.25, 0.3) is 0 Å². The van der Waals surface area contributed by atoms with Gasteiger partial charge in [-0.2, -0.15) is 0 Å². The summed E-state index contributed by atoms with van der Waals surface area (Å²) in [6.07, 6.45) is 0.372. The second-order valence-electron chi connectivity index (χ2n) is 3.25. The first-order chi connectivity index (χ1) is 6.66. The highest BCUT2D eigenvalue weighted by Crippen LogP contribution is 2.30. The predicted octanol–water partition coefficient (Wildman–Crippen LogP) is 2.23. The Bertz CT molecular complexity index is 297. The molecule has 1 aromatic carbocycles. The Morgan fingerprint density at radius 3 is 2.71 bits per heavy atom. The van der Waals surface area contributed by atoms with Crippen LogP contribution in [0.25, 0.3) is 0 Å². The largest absolute Gasteiger partial charge is 0.497 e. The van der Waals surface area contributed by atoms with Gasteiger partial charge in [0.15, 0.2) is 0 Å². The lowest BCUT2D eigenvalue weighted by molar-refractivity contribution is 0.168. The number of hydrogen-bond acceptors (Lipinski definition) is 2. The van der Waals surface area contributed by atoms with Gasteiger partial charge in [0, 0.05) is 6.54 Å². The quantitative estimate of drug-likeness (QED) is 0.803. The highest BCUT2D eigenvalue weighted by atomic mass is 19.1. The van der Waals surface area contributed by atoms with Crippen LogP contribution < -0.4 is 10.5 Å². The van der Waals surface area contributed by atoms with Crippen LogP contribution in [0.2, 0.25) is 0 Å². The molecule has 0 aliphatic carbocycles. The van der Waals surface area contributed by atoms with Crippen molar-refractivity contribution in [2.45, 2.75) is 19.0 Å². The highest BCUT2D eigenvalue weighted by molar-refractivity contribution is 5.32. The van der Waals surface area contributed by atoms with Crippen LogP contribution in [0.3, 0.4) is 0 Å². The Kier molecular flexibility index (Phi) is 3.47. The molecule has 0 fully saturated rings. The minimum atomic E-state index is -1.44. The summed E-state index contributed by atoms with van der Waals surface area (Å²) in [5.41, 5.74) is 4.57. The number of halogens is 1. The van der Waals surface area contributed by atoms with Crippen molar-refractivity contribution in [2.75, 3.05) is 13.7 Å². The summed E-state index contributed by atoms with van der Waals surface area (Å²) >= 11 is 0. The summed E-state index contributed by atoms with van der Waals surface area (Å²) < 4.78 is 19.1. The van der Waals surface area contributed by atoms with Gasteiger partial charge < -0.3 is 10.5 Å². The summed E-state index contributed by atoms with van der Waals surface area (Å²) in [6, 6.07) is 6.99. The number of ether oxygens (including phenoxy) is 1. The van der Waals surface area contributed by atoms with Gasteiger partial charge in [-0.15, -0.1) is 0 Å². The van der Waals surface area contributed by atoms with Gasteiger partial charge in [0.05, 0.1) is 7.11 Å². The zero-order valence-corrected chi connectivity index (χ0v) is 8.59. The van der Waals surface area contributed by atoms with Gasteiger partial charge in [0.1, 0.15) is 11.4 Å². The lowest BCUT2D eigenvalue weighted by Crippen LogP contribution is -2.29. The summed E-state index contributed by atoms with van der Waals surface area (Å²) in [6.45, 7) is 1.78. The Morgan fingerprint density at radius 2 is 2.21 bits per heavy atom. The van der Waals surface area contributed by atoms with Gasteiger partial charge in [-0.25, -0.2) is 4.39 Å². The predicted molar refractivity (Wildman–Crippen MR) is 55.1 cm³/mol. The zero-order chi connectivity index (χ0) is 10.6. The fourth-order valence-electron chi connectivity index (χ4n) is 1.37. The molecule has 0 aliphatic heterocycles. The van der Waals surface area contributed by atoms with Crippen molar-refractivity contribution in [2.24, 2.45) is 5.73 Å². The zero-order valence-electron chi connectivity index (χ0n) is 8.59. The minimum absolute atomic E-state index is 0.00331. The molecular weight excluding hydrogens is 181 g/mol. The van der Waals surface area contributed by atoms with Gasteiger partial charge >= 0.3 is 0 Å². The molecule has 1 atom stereocenters. The van der Waals surface area contributed by atoms with E-state index in [2.05, 4.69) is 0 Å². The van der Waals surface area contributed by atoms with Crippen LogP contribution in [0.1, 0.15) is 18.9 Å². The third-order valence-electron chi connectivity index (χ3n) is 2.47. The summed E-state index contributed by atoms with van der Waals surface area (Å²) in [5, 5.41) is 0. The molecule has 1 aromatic rings. The minimum Gasteiger partial charge on any atom is -0.497 e. The van der Waals surface area contributed by atoms with E-state index in [1.807, 2.05) is 0 Å². The van der Waals surface area contributed by atoms with Gasteiger partial charge in [-0.3, -0.25) is 0 Å². The molecule has 0 heterocycles. The molecule has 1 unspecified atom stereocenters. The molecule has 2 N–H and O–H groups in total. The van der Waals surface area contributed by atoms with E-state index in [4.69, 9.17) is 10.5 Å². The first-order valence-electron chi connectivity index (χ1n) is 4.70. The molecule has 0 bridgehead atoms. The van der Waals surface area contributed by atoms with E-state index in [-0.39, 0.29) is 6.54 Å². The van der Waals surface area contributed by atoms with Crippen molar-refractivity contribution in [1.82, 2.24) is 0 Å². The molecule has 0 aromatic heterocycles. The van der Waals surface area contributed by atoms with Gasteiger partial charge in [-0.05, 0) is 24.1 Å². The van der Waals surface area contributed by atoms with E-state index >= 15 is 0 Å². The van der Waals surface area contributed by atoms with Crippen molar-refractivity contribution in [1.29, 1.82) is 0 Å². The number of methoxy groups -OCH3 is 1. The summed E-state index contributed by atoms with van der Waals surface area (Å²) in [4.78, 5) is 0. The smallest absolute Gasteiger partial charge is 0.148 e. The molecule has 3 heteroatoms. The number of hydrogen-bond donors (Lipinski definition) is 1. The molecular formula is C11H16FNO. The van der Waals surface area contributed by atoms with Crippen LogP contribution in [0.4, 0.5) is 4.39 Å². The molecule has 78 valence electrons. The second kappa shape index (κ2) is 4.42. The molecule has 0 saturated heterocycles. The molecule has 0 aliphatic rings. The average Bonchev–Trinajstić information content (AvgIpc) is 2.28. The second-order valence-corrected chi connectivity index (χ2v) is 3.25. The monoisotopic (exact) mass is 197 g/mol. The maximum atomic E-state index is 14.1. The van der Waals surface area contributed by atoms with Crippen LogP contribution in [0.5, 0.6) is 5.75 Å². The van der Waals surface area contributed by atoms with E-state index in [0.29, 0.717) is 17.7 Å². The normalized spacial score (nSPS) is 14.9. The number of benzene rings is 1. The SMILES string of the molecule is CCC(F)(CN)c1cccc(OC)c1. The lowest BCUT2D eigenvalue weighted by atomic mass is 9.93. The van der Waals surface area contributed by atoms with Crippen LogP contribution in [-0.2, 0) is 5.67 Å². The number of nitrogens with two attached hydrogens (primary N) is 1. The van der Waals surface area contributed by atoms with Gasteiger partial charge in [0.2, 0.25) is 0 Å². The summed E-state index contributed by atoms with van der Waals surface area (Å²) in [5.74, 6) is 0.659. The average molecular weight is 197 g/mol. The van der Waals surface area contributed by atoms with Crippen LogP contribution in [0.15, 0.2) is 24.3 Å². The van der Waals surface area contributed by atoms with Gasteiger partial charge in [-0.1, -0.05) is 19.1 Å².